The van der Waals surface area contributed by atoms with E-state index in [-0.39, 0.29) is 0 Å². The molecule has 0 spiro atoms. The van der Waals surface area contributed by atoms with E-state index in [2.05, 4.69) is 29.2 Å². The summed E-state index contributed by atoms with van der Waals surface area (Å²) in [7, 11) is 1.68. The molecule has 1 aliphatic rings. The quantitative estimate of drug-likeness (QED) is 0.820. The van der Waals surface area contributed by atoms with Gasteiger partial charge in [-0.1, -0.05) is 24.3 Å². The van der Waals surface area contributed by atoms with Crippen LogP contribution in [0.1, 0.15) is 0 Å². The zero-order valence-electron chi connectivity index (χ0n) is 13.5. The SMILES string of the molecule is COc1ccc(-c2ccc(OCCN3CCOCC3)cc2)cc1. The molecular formula is C19H23NO3. The van der Waals surface area contributed by atoms with Crippen molar-refractivity contribution in [3.8, 4) is 22.6 Å². The van der Waals surface area contributed by atoms with Crippen molar-refractivity contribution in [2.75, 3.05) is 46.6 Å². The number of nitrogens with zero attached hydrogens (tertiary/aromatic N) is 1. The molecule has 4 nitrogen and oxygen atoms in total. The Morgan fingerprint density at radius 3 is 2.00 bits per heavy atom. The minimum atomic E-state index is 0.710. The first-order valence-electron chi connectivity index (χ1n) is 8.02. The van der Waals surface area contributed by atoms with Crippen LogP contribution in [0, 0.1) is 0 Å². The Hall–Kier alpha value is -2.04. The van der Waals surface area contributed by atoms with Crippen molar-refractivity contribution < 1.29 is 14.2 Å². The second-order valence-corrected chi connectivity index (χ2v) is 5.56. The monoisotopic (exact) mass is 313 g/mol. The first-order valence-corrected chi connectivity index (χ1v) is 8.02. The van der Waals surface area contributed by atoms with Crippen LogP contribution < -0.4 is 9.47 Å². The van der Waals surface area contributed by atoms with Gasteiger partial charge >= 0.3 is 0 Å². The first kappa shape index (κ1) is 15.8. The van der Waals surface area contributed by atoms with Crippen LogP contribution in [0.4, 0.5) is 0 Å². The van der Waals surface area contributed by atoms with E-state index in [1.165, 1.54) is 11.1 Å². The number of benzene rings is 2. The normalized spacial score (nSPS) is 15.3. The highest BCUT2D eigenvalue weighted by molar-refractivity contribution is 5.64. The second-order valence-electron chi connectivity index (χ2n) is 5.56. The van der Waals surface area contributed by atoms with Crippen molar-refractivity contribution in [1.29, 1.82) is 0 Å². The van der Waals surface area contributed by atoms with Gasteiger partial charge in [-0.05, 0) is 35.4 Å². The molecule has 3 rings (SSSR count). The number of ether oxygens (including phenoxy) is 3. The van der Waals surface area contributed by atoms with Gasteiger partial charge in [0, 0.05) is 19.6 Å². The molecule has 0 aromatic heterocycles. The van der Waals surface area contributed by atoms with Crippen LogP contribution in [0.15, 0.2) is 48.5 Å². The highest BCUT2D eigenvalue weighted by Gasteiger charge is 2.09. The highest BCUT2D eigenvalue weighted by Crippen LogP contribution is 2.24. The molecule has 1 saturated heterocycles. The van der Waals surface area contributed by atoms with E-state index in [4.69, 9.17) is 14.2 Å². The first-order chi connectivity index (χ1) is 11.3. The maximum absolute atomic E-state index is 5.83. The Kier molecular flexibility index (Phi) is 5.51. The molecule has 1 heterocycles. The minimum absolute atomic E-state index is 0.710. The maximum Gasteiger partial charge on any atom is 0.119 e. The Balaban J connectivity index is 1.51. The molecule has 122 valence electrons. The van der Waals surface area contributed by atoms with Crippen LogP contribution >= 0.6 is 0 Å². The summed E-state index contributed by atoms with van der Waals surface area (Å²) in [5.74, 6) is 1.78. The summed E-state index contributed by atoms with van der Waals surface area (Å²) in [6.45, 7) is 5.32. The summed E-state index contributed by atoms with van der Waals surface area (Å²) >= 11 is 0. The fourth-order valence-corrected chi connectivity index (χ4v) is 2.64. The van der Waals surface area contributed by atoms with Gasteiger partial charge in [-0.3, -0.25) is 4.90 Å². The van der Waals surface area contributed by atoms with Crippen LogP contribution in [-0.2, 0) is 4.74 Å². The van der Waals surface area contributed by atoms with E-state index < -0.39 is 0 Å². The van der Waals surface area contributed by atoms with Gasteiger partial charge in [0.1, 0.15) is 18.1 Å². The molecule has 0 unspecified atom stereocenters. The van der Waals surface area contributed by atoms with E-state index >= 15 is 0 Å². The van der Waals surface area contributed by atoms with Crippen LogP contribution in [0.2, 0.25) is 0 Å². The molecule has 0 radical (unpaired) electrons. The maximum atomic E-state index is 5.83. The molecule has 1 aliphatic heterocycles. The van der Waals surface area contributed by atoms with E-state index in [1.54, 1.807) is 7.11 Å². The van der Waals surface area contributed by atoms with Gasteiger partial charge in [-0.2, -0.15) is 0 Å². The largest absolute Gasteiger partial charge is 0.497 e. The summed E-state index contributed by atoms with van der Waals surface area (Å²) < 4.78 is 16.4. The number of hydrogen-bond acceptors (Lipinski definition) is 4. The lowest BCUT2D eigenvalue weighted by Crippen LogP contribution is -2.38. The van der Waals surface area contributed by atoms with E-state index in [9.17, 15) is 0 Å². The molecule has 1 fully saturated rings. The Labute approximate surface area is 137 Å². The van der Waals surface area contributed by atoms with E-state index in [1.807, 2.05) is 24.3 Å². The Bertz CT molecular complexity index is 589. The molecule has 0 aliphatic carbocycles. The van der Waals surface area contributed by atoms with Crippen LogP contribution in [0.5, 0.6) is 11.5 Å². The average Bonchev–Trinajstić information content (AvgIpc) is 2.63. The predicted octanol–water partition coefficient (Wildman–Crippen LogP) is 3.07. The van der Waals surface area contributed by atoms with Crippen LogP contribution in [0.3, 0.4) is 0 Å². The lowest BCUT2D eigenvalue weighted by atomic mass is 10.1. The van der Waals surface area contributed by atoms with Crippen molar-refractivity contribution in [3.63, 3.8) is 0 Å². The van der Waals surface area contributed by atoms with Gasteiger partial charge in [-0.15, -0.1) is 0 Å². The second kappa shape index (κ2) is 7.99. The summed E-state index contributed by atoms with van der Waals surface area (Å²) in [6, 6.07) is 16.3. The number of hydrogen-bond donors (Lipinski definition) is 0. The van der Waals surface area contributed by atoms with Crippen LogP contribution in [0.25, 0.3) is 11.1 Å². The zero-order valence-corrected chi connectivity index (χ0v) is 13.5. The smallest absolute Gasteiger partial charge is 0.119 e. The summed E-state index contributed by atoms with van der Waals surface area (Å²) in [6.07, 6.45) is 0. The van der Waals surface area contributed by atoms with Crippen molar-refractivity contribution in [2.45, 2.75) is 0 Å². The number of rotatable bonds is 6. The molecule has 2 aromatic rings. The summed E-state index contributed by atoms with van der Waals surface area (Å²) in [5, 5.41) is 0. The van der Waals surface area contributed by atoms with Gasteiger partial charge in [-0.25, -0.2) is 0 Å². The van der Waals surface area contributed by atoms with Gasteiger partial charge in [0.25, 0.3) is 0 Å². The average molecular weight is 313 g/mol. The molecule has 0 bridgehead atoms. The number of morpholine rings is 1. The Morgan fingerprint density at radius 2 is 1.43 bits per heavy atom. The topological polar surface area (TPSA) is 30.9 Å². The molecule has 0 saturated carbocycles. The number of methoxy groups -OCH3 is 1. The van der Waals surface area contributed by atoms with Gasteiger partial charge in [0.15, 0.2) is 0 Å². The standard InChI is InChI=1S/C19H23NO3/c1-21-18-6-2-16(3-7-18)17-4-8-19(9-5-17)23-15-12-20-10-13-22-14-11-20/h2-9H,10-15H2,1H3. The zero-order chi connectivity index (χ0) is 15.9. The predicted molar refractivity (Wildman–Crippen MR) is 91.2 cm³/mol. The van der Waals surface area contributed by atoms with Gasteiger partial charge < -0.3 is 14.2 Å². The van der Waals surface area contributed by atoms with E-state index in [0.29, 0.717) is 6.61 Å². The van der Waals surface area contributed by atoms with Crippen molar-refractivity contribution in [1.82, 2.24) is 4.90 Å². The molecule has 2 aromatic carbocycles. The lowest BCUT2D eigenvalue weighted by molar-refractivity contribution is 0.0322. The van der Waals surface area contributed by atoms with Gasteiger partial charge in [0.05, 0.1) is 20.3 Å². The molecule has 23 heavy (non-hydrogen) atoms. The molecule has 0 amide bonds. The third-order valence-corrected chi connectivity index (χ3v) is 4.06. The summed E-state index contributed by atoms with van der Waals surface area (Å²) in [5.41, 5.74) is 2.35. The fourth-order valence-electron chi connectivity index (χ4n) is 2.64. The lowest BCUT2D eigenvalue weighted by Gasteiger charge is -2.26. The van der Waals surface area contributed by atoms with Crippen LogP contribution in [-0.4, -0.2) is 51.5 Å². The van der Waals surface area contributed by atoms with Crippen molar-refractivity contribution in [3.05, 3.63) is 48.5 Å². The summed E-state index contributed by atoms with van der Waals surface area (Å²) in [4.78, 5) is 2.37. The molecule has 4 heteroatoms. The molecule has 0 atom stereocenters. The molecule has 0 N–H and O–H groups in total. The van der Waals surface area contributed by atoms with E-state index in [0.717, 1.165) is 44.3 Å². The molecular weight excluding hydrogens is 290 g/mol. The van der Waals surface area contributed by atoms with Crippen molar-refractivity contribution in [2.24, 2.45) is 0 Å². The van der Waals surface area contributed by atoms with Crippen molar-refractivity contribution >= 4 is 0 Å². The fraction of sp³-hybridized carbons (Fsp3) is 0.368. The highest BCUT2D eigenvalue weighted by atomic mass is 16.5. The Morgan fingerprint density at radius 1 is 0.870 bits per heavy atom. The van der Waals surface area contributed by atoms with Gasteiger partial charge in [0.2, 0.25) is 0 Å². The third kappa shape index (κ3) is 4.47. The third-order valence-electron chi connectivity index (χ3n) is 4.06. The minimum Gasteiger partial charge on any atom is -0.497 e.